The van der Waals surface area contributed by atoms with Crippen LogP contribution in [0.2, 0.25) is 0 Å². The first-order valence-electron chi connectivity index (χ1n) is 6.61. The van der Waals surface area contributed by atoms with E-state index < -0.39 is 5.54 Å². The zero-order valence-corrected chi connectivity index (χ0v) is 11.7. The molecule has 1 amide bonds. The number of nitrogens with two attached hydrogens (primary N) is 1. The molecule has 0 saturated carbocycles. The Balaban J connectivity index is 2.25. The lowest BCUT2D eigenvalue weighted by atomic mass is 10.1. The molecular weight excluding hydrogens is 238 g/mol. The van der Waals surface area contributed by atoms with Crippen molar-refractivity contribution in [2.45, 2.75) is 39.3 Å². The summed E-state index contributed by atoms with van der Waals surface area (Å²) >= 11 is 0. The summed E-state index contributed by atoms with van der Waals surface area (Å²) in [5, 5.41) is 3.97. The van der Waals surface area contributed by atoms with Crippen molar-refractivity contribution in [3.05, 3.63) is 30.5 Å². The Labute approximate surface area is 113 Å². The van der Waals surface area contributed by atoms with Crippen molar-refractivity contribution >= 4 is 22.5 Å². The molecule has 0 aliphatic carbocycles. The average molecular weight is 259 g/mol. The van der Waals surface area contributed by atoms with Crippen molar-refractivity contribution in [1.29, 1.82) is 0 Å². The highest BCUT2D eigenvalue weighted by molar-refractivity contribution is 5.98. The molecule has 19 heavy (non-hydrogen) atoms. The summed E-state index contributed by atoms with van der Waals surface area (Å²) in [6, 6.07) is 7.99. The van der Waals surface area contributed by atoms with Crippen LogP contribution in [0, 0.1) is 0 Å². The van der Waals surface area contributed by atoms with Crippen LogP contribution in [-0.2, 0) is 11.3 Å². The highest BCUT2D eigenvalue weighted by Crippen LogP contribution is 2.21. The zero-order chi connectivity index (χ0) is 14.0. The summed E-state index contributed by atoms with van der Waals surface area (Å²) in [6.07, 6.45) is 3.18. The summed E-state index contributed by atoms with van der Waals surface area (Å²) in [5.74, 6) is -0.181. The van der Waals surface area contributed by atoms with Crippen LogP contribution in [0.1, 0.15) is 27.2 Å². The van der Waals surface area contributed by atoms with Gasteiger partial charge in [-0.25, -0.2) is 0 Å². The average Bonchev–Trinajstić information content (AvgIpc) is 2.71. The fraction of sp³-hybridized carbons (Fsp3) is 0.400. The summed E-state index contributed by atoms with van der Waals surface area (Å²) in [7, 11) is 0. The van der Waals surface area contributed by atoms with Crippen molar-refractivity contribution < 1.29 is 4.79 Å². The topological polar surface area (TPSA) is 60.0 Å². The molecule has 1 heterocycles. The minimum absolute atomic E-state index is 0.181. The van der Waals surface area contributed by atoms with Gasteiger partial charge in [-0.05, 0) is 44.5 Å². The van der Waals surface area contributed by atoms with Gasteiger partial charge in [0.05, 0.1) is 5.54 Å². The number of amides is 1. The number of rotatable bonds is 4. The number of carbonyl (C=O) groups excluding carboxylic acids is 1. The van der Waals surface area contributed by atoms with Crippen molar-refractivity contribution in [2.24, 2.45) is 5.73 Å². The molecule has 4 nitrogen and oxygen atoms in total. The van der Waals surface area contributed by atoms with Gasteiger partial charge < -0.3 is 15.6 Å². The lowest BCUT2D eigenvalue weighted by molar-refractivity contribution is -0.120. The van der Waals surface area contributed by atoms with Gasteiger partial charge in [0, 0.05) is 29.3 Å². The highest BCUT2D eigenvalue weighted by atomic mass is 16.2. The van der Waals surface area contributed by atoms with E-state index in [2.05, 4.69) is 29.1 Å². The smallest absolute Gasteiger partial charge is 0.243 e. The molecule has 0 fully saturated rings. The van der Waals surface area contributed by atoms with E-state index in [9.17, 15) is 4.79 Å². The van der Waals surface area contributed by atoms with Gasteiger partial charge in [0.15, 0.2) is 0 Å². The molecule has 0 radical (unpaired) electrons. The van der Waals surface area contributed by atoms with Gasteiger partial charge >= 0.3 is 0 Å². The third-order valence-corrected chi connectivity index (χ3v) is 3.08. The Morgan fingerprint density at radius 1 is 1.37 bits per heavy atom. The molecule has 1 aromatic carbocycles. The highest BCUT2D eigenvalue weighted by Gasteiger charge is 2.21. The molecule has 2 aromatic rings. The van der Waals surface area contributed by atoms with Crippen LogP contribution >= 0.6 is 0 Å². The van der Waals surface area contributed by atoms with Crippen molar-refractivity contribution in [3.8, 4) is 0 Å². The first kappa shape index (κ1) is 13.6. The van der Waals surface area contributed by atoms with Crippen LogP contribution in [0.3, 0.4) is 0 Å². The van der Waals surface area contributed by atoms with Gasteiger partial charge in [-0.1, -0.05) is 6.92 Å². The maximum absolute atomic E-state index is 11.8. The molecule has 3 N–H and O–H groups in total. The van der Waals surface area contributed by atoms with E-state index in [0.29, 0.717) is 0 Å². The molecule has 0 bridgehead atoms. The molecule has 0 spiro atoms. The second-order valence-electron chi connectivity index (χ2n) is 5.46. The normalized spacial score (nSPS) is 11.8. The summed E-state index contributed by atoms with van der Waals surface area (Å²) in [6.45, 7) is 6.55. The van der Waals surface area contributed by atoms with E-state index in [1.165, 1.54) is 5.52 Å². The SMILES string of the molecule is CCCn1ccc2cc(NC(=O)C(C)(C)N)ccc21. The Kier molecular flexibility index (Phi) is 3.62. The number of aryl methyl sites for hydroxylation is 1. The molecule has 102 valence electrons. The number of nitrogens with zero attached hydrogens (tertiary/aromatic N) is 1. The Morgan fingerprint density at radius 3 is 2.74 bits per heavy atom. The molecular formula is C15H21N3O. The summed E-state index contributed by atoms with van der Waals surface area (Å²) in [5.41, 5.74) is 6.86. The maximum atomic E-state index is 11.8. The minimum atomic E-state index is -0.872. The third-order valence-electron chi connectivity index (χ3n) is 3.08. The van der Waals surface area contributed by atoms with Crippen molar-refractivity contribution in [1.82, 2.24) is 4.57 Å². The van der Waals surface area contributed by atoms with Gasteiger partial charge in [-0.15, -0.1) is 0 Å². The number of aromatic nitrogens is 1. The van der Waals surface area contributed by atoms with Gasteiger partial charge in [0.2, 0.25) is 5.91 Å². The van der Waals surface area contributed by atoms with Crippen LogP contribution in [0.5, 0.6) is 0 Å². The molecule has 0 atom stereocenters. The zero-order valence-electron chi connectivity index (χ0n) is 11.7. The third kappa shape index (κ3) is 2.96. The van der Waals surface area contributed by atoms with Crippen molar-refractivity contribution in [3.63, 3.8) is 0 Å². The Morgan fingerprint density at radius 2 is 2.11 bits per heavy atom. The van der Waals surface area contributed by atoms with Crippen molar-refractivity contribution in [2.75, 3.05) is 5.32 Å². The van der Waals surface area contributed by atoms with Crippen LogP contribution in [0.4, 0.5) is 5.69 Å². The number of carbonyl (C=O) groups is 1. The quantitative estimate of drug-likeness (QED) is 0.887. The number of benzene rings is 1. The van der Waals surface area contributed by atoms with E-state index in [-0.39, 0.29) is 5.91 Å². The van der Waals surface area contributed by atoms with E-state index in [1.807, 2.05) is 18.2 Å². The fourth-order valence-electron chi connectivity index (χ4n) is 2.01. The number of nitrogens with one attached hydrogen (secondary N) is 1. The standard InChI is InChI=1S/C15H21N3O/c1-4-8-18-9-7-11-10-12(5-6-13(11)18)17-14(19)15(2,3)16/h5-7,9-10H,4,8,16H2,1-3H3,(H,17,19). The van der Waals surface area contributed by atoms with Crippen LogP contribution in [-0.4, -0.2) is 16.0 Å². The second-order valence-corrected chi connectivity index (χ2v) is 5.46. The Hall–Kier alpha value is -1.81. The van der Waals surface area contributed by atoms with Gasteiger partial charge in [0.1, 0.15) is 0 Å². The molecule has 0 unspecified atom stereocenters. The van der Waals surface area contributed by atoms with E-state index in [0.717, 1.165) is 24.0 Å². The van der Waals surface area contributed by atoms with Gasteiger partial charge in [-0.3, -0.25) is 4.79 Å². The maximum Gasteiger partial charge on any atom is 0.243 e. The minimum Gasteiger partial charge on any atom is -0.347 e. The summed E-state index contributed by atoms with van der Waals surface area (Å²) < 4.78 is 2.22. The van der Waals surface area contributed by atoms with Crippen LogP contribution in [0.15, 0.2) is 30.5 Å². The molecule has 4 heteroatoms. The molecule has 1 aromatic heterocycles. The first-order chi connectivity index (χ1) is 8.91. The monoisotopic (exact) mass is 259 g/mol. The predicted octanol–water partition coefficient (Wildman–Crippen LogP) is 2.73. The first-order valence-corrected chi connectivity index (χ1v) is 6.61. The van der Waals surface area contributed by atoms with E-state index in [1.54, 1.807) is 13.8 Å². The molecule has 0 saturated heterocycles. The largest absolute Gasteiger partial charge is 0.347 e. The fourth-order valence-corrected chi connectivity index (χ4v) is 2.01. The Bertz CT molecular complexity index is 593. The van der Waals surface area contributed by atoms with Gasteiger partial charge in [0.25, 0.3) is 0 Å². The lowest BCUT2D eigenvalue weighted by Gasteiger charge is -2.17. The number of fused-ring (bicyclic) bond motifs is 1. The predicted molar refractivity (Wildman–Crippen MR) is 79.1 cm³/mol. The second kappa shape index (κ2) is 5.05. The summed E-state index contributed by atoms with van der Waals surface area (Å²) in [4.78, 5) is 11.8. The molecule has 0 aliphatic rings. The van der Waals surface area contributed by atoms with Crippen LogP contribution in [0.25, 0.3) is 10.9 Å². The molecule has 2 rings (SSSR count). The molecule has 0 aliphatic heterocycles. The number of anilines is 1. The van der Waals surface area contributed by atoms with E-state index in [4.69, 9.17) is 5.73 Å². The number of hydrogen-bond acceptors (Lipinski definition) is 2. The number of hydrogen-bond donors (Lipinski definition) is 2. The van der Waals surface area contributed by atoms with E-state index >= 15 is 0 Å². The lowest BCUT2D eigenvalue weighted by Crippen LogP contribution is -2.45. The van der Waals surface area contributed by atoms with Crippen LogP contribution < -0.4 is 11.1 Å². The van der Waals surface area contributed by atoms with Gasteiger partial charge in [-0.2, -0.15) is 0 Å².